The topological polar surface area (TPSA) is 159 Å². The van der Waals surface area contributed by atoms with Gasteiger partial charge in [0.2, 0.25) is 11.6 Å². The van der Waals surface area contributed by atoms with E-state index >= 15 is 0 Å². The quantitative estimate of drug-likeness (QED) is 0.395. The van der Waals surface area contributed by atoms with Crippen LogP contribution in [0, 0.1) is 0 Å². The highest BCUT2D eigenvalue weighted by molar-refractivity contribution is 5.98. The second kappa shape index (κ2) is 9.21. The monoisotopic (exact) mass is 427 g/mol. The summed E-state index contributed by atoms with van der Waals surface area (Å²) in [6.45, 7) is 4.45. The van der Waals surface area contributed by atoms with Crippen molar-refractivity contribution in [2.45, 2.75) is 6.92 Å². The Kier molecular flexibility index (Phi) is 6.03. The highest BCUT2D eigenvalue weighted by Crippen LogP contribution is 2.25. The van der Waals surface area contributed by atoms with Gasteiger partial charge in [-0.3, -0.25) is 4.79 Å². The molecule has 0 radical (unpaired) electrons. The Hall–Kier alpha value is -4.00. The maximum atomic E-state index is 12.9. The van der Waals surface area contributed by atoms with Crippen molar-refractivity contribution in [2.75, 3.05) is 43.5 Å². The number of aromatic nitrogens is 5. The van der Waals surface area contributed by atoms with Gasteiger partial charge in [0.25, 0.3) is 5.91 Å². The minimum atomic E-state index is -0.548. The van der Waals surface area contributed by atoms with Crippen LogP contribution in [0.25, 0.3) is 5.82 Å². The summed E-state index contributed by atoms with van der Waals surface area (Å²) in [5.74, 6) is 0.678. The predicted molar refractivity (Wildman–Crippen MR) is 109 cm³/mol. The molecule has 1 aliphatic rings. The number of nitrogens with one attached hydrogen (secondary N) is 1. The van der Waals surface area contributed by atoms with E-state index < -0.39 is 5.91 Å². The minimum Gasteiger partial charge on any atom is -0.493 e. The molecule has 1 amide bonds. The number of rotatable bonds is 7. The Morgan fingerprint density at radius 3 is 2.87 bits per heavy atom. The Labute approximate surface area is 176 Å². The number of amides is 1. The van der Waals surface area contributed by atoms with E-state index in [-0.39, 0.29) is 17.3 Å². The van der Waals surface area contributed by atoms with Crippen LogP contribution in [0.3, 0.4) is 0 Å². The fourth-order valence-electron chi connectivity index (χ4n) is 3.05. The zero-order chi connectivity index (χ0) is 21.6. The van der Waals surface area contributed by atoms with E-state index in [2.05, 4.69) is 35.8 Å². The molecule has 3 heterocycles. The van der Waals surface area contributed by atoms with Crippen molar-refractivity contribution in [2.24, 2.45) is 5.10 Å². The average molecular weight is 427 g/mol. The summed E-state index contributed by atoms with van der Waals surface area (Å²) >= 11 is 0. The van der Waals surface area contributed by atoms with Gasteiger partial charge < -0.3 is 20.1 Å². The molecule has 1 fully saturated rings. The molecule has 162 valence electrons. The first-order valence-electron chi connectivity index (χ1n) is 9.61. The molecule has 13 heteroatoms. The Morgan fingerprint density at radius 1 is 1.32 bits per heavy atom. The van der Waals surface area contributed by atoms with Crippen LogP contribution >= 0.6 is 0 Å². The zero-order valence-corrected chi connectivity index (χ0v) is 16.8. The molecular formula is C18H21N9O4. The molecule has 0 spiro atoms. The molecule has 3 aromatic rings. The number of benzene rings is 1. The first kappa shape index (κ1) is 20.3. The summed E-state index contributed by atoms with van der Waals surface area (Å²) < 4.78 is 16.9. The number of ether oxygens (including phenoxy) is 2. The fraction of sp³-hybridized carbons (Fsp3) is 0.333. The number of nitrogens with two attached hydrogens (primary N) is 1. The van der Waals surface area contributed by atoms with Crippen molar-refractivity contribution in [1.82, 2.24) is 30.7 Å². The van der Waals surface area contributed by atoms with E-state index in [4.69, 9.17) is 15.2 Å². The molecule has 4 rings (SSSR count). The normalized spacial score (nSPS) is 14.2. The summed E-state index contributed by atoms with van der Waals surface area (Å²) in [6.07, 6.45) is 1.50. The minimum absolute atomic E-state index is 0.0249. The zero-order valence-electron chi connectivity index (χ0n) is 16.8. The van der Waals surface area contributed by atoms with Crippen molar-refractivity contribution in [3.8, 4) is 11.6 Å². The van der Waals surface area contributed by atoms with Crippen LogP contribution in [0.15, 0.2) is 34.0 Å². The van der Waals surface area contributed by atoms with Gasteiger partial charge in [-0.25, -0.2) is 10.1 Å². The maximum Gasteiger partial charge on any atom is 0.295 e. The Balaban J connectivity index is 1.59. The second-order valence-electron chi connectivity index (χ2n) is 6.42. The number of morpholine rings is 1. The molecule has 1 aliphatic heterocycles. The number of anilines is 2. The third kappa shape index (κ3) is 4.30. The number of para-hydroxylation sites is 1. The van der Waals surface area contributed by atoms with E-state index in [9.17, 15) is 4.79 Å². The van der Waals surface area contributed by atoms with E-state index in [1.807, 2.05) is 36.1 Å². The van der Waals surface area contributed by atoms with Gasteiger partial charge in [0.15, 0.2) is 11.5 Å². The van der Waals surface area contributed by atoms with E-state index in [1.165, 1.54) is 10.9 Å². The van der Waals surface area contributed by atoms with Crippen LogP contribution in [0.2, 0.25) is 0 Å². The van der Waals surface area contributed by atoms with Gasteiger partial charge in [-0.05, 0) is 29.4 Å². The maximum absolute atomic E-state index is 12.9. The molecule has 0 atom stereocenters. The molecule has 2 aromatic heterocycles. The van der Waals surface area contributed by atoms with Crippen LogP contribution in [-0.2, 0) is 4.74 Å². The summed E-state index contributed by atoms with van der Waals surface area (Å²) in [5.41, 5.74) is 9.06. The first-order chi connectivity index (χ1) is 15.2. The number of nitrogen functional groups attached to an aromatic ring is 1. The van der Waals surface area contributed by atoms with Crippen LogP contribution < -0.4 is 20.8 Å². The highest BCUT2D eigenvalue weighted by Gasteiger charge is 2.29. The van der Waals surface area contributed by atoms with Crippen molar-refractivity contribution in [3.63, 3.8) is 0 Å². The number of nitrogens with zero attached hydrogens (tertiary/aromatic N) is 7. The van der Waals surface area contributed by atoms with Crippen molar-refractivity contribution in [1.29, 1.82) is 0 Å². The van der Waals surface area contributed by atoms with Gasteiger partial charge in [-0.2, -0.15) is 9.78 Å². The van der Waals surface area contributed by atoms with E-state index in [0.717, 1.165) is 5.56 Å². The lowest BCUT2D eigenvalue weighted by molar-refractivity contribution is 0.0948. The van der Waals surface area contributed by atoms with E-state index in [1.54, 1.807) is 0 Å². The molecule has 0 aliphatic carbocycles. The third-order valence-electron chi connectivity index (χ3n) is 4.46. The van der Waals surface area contributed by atoms with Gasteiger partial charge in [0.1, 0.15) is 5.75 Å². The largest absolute Gasteiger partial charge is 0.493 e. The Bertz CT molecular complexity index is 1070. The second-order valence-corrected chi connectivity index (χ2v) is 6.42. The fourth-order valence-corrected chi connectivity index (χ4v) is 3.05. The third-order valence-corrected chi connectivity index (χ3v) is 4.46. The summed E-state index contributed by atoms with van der Waals surface area (Å²) in [4.78, 5) is 14.8. The molecule has 1 saturated heterocycles. The number of carbonyl (C=O) groups is 1. The molecule has 0 unspecified atom stereocenters. The number of hydrazone groups is 1. The number of hydrogen-bond donors (Lipinski definition) is 2. The summed E-state index contributed by atoms with van der Waals surface area (Å²) in [5, 5.41) is 19.4. The van der Waals surface area contributed by atoms with Crippen LogP contribution in [0.4, 0.5) is 11.6 Å². The summed E-state index contributed by atoms with van der Waals surface area (Å²) in [6, 6.07) is 7.37. The lowest BCUT2D eigenvalue weighted by Gasteiger charge is -2.28. The number of carbonyl (C=O) groups excluding carboxylic acids is 1. The average Bonchev–Trinajstić information content (AvgIpc) is 3.41. The predicted octanol–water partition coefficient (Wildman–Crippen LogP) is 0.232. The lowest BCUT2D eigenvalue weighted by atomic mass is 10.2. The van der Waals surface area contributed by atoms with Crippen molar-refractivity contribution in [3.05, 3.63) is 35.5 Å². The van der Waals surface area contributed by atoms with Gasteiger partial charge >= 0.3 is 0 Å². The van der Waals surface area contributed by atoms with Gasteiger partial charge in [-0.1, -0.05) is 17.3 Å². The molecule has 0 saturated carbocycles. The standard InChI is InChI=1S/C18H21N9O4/c1-2-30-13-6-4-3-5-12(13)11-20-22-17(28)14-18(26-7-9-29-10-8-26)27(25-21-14)16-15(19)23-31-24-16/h3-6,11H,2,7-10H2,1H3,(H2,19,23)(H,22,28). The van der Waals surface area contributed by atoms with Crippen LogP contribution in [0.1, 0.15) is 23.0 Å². The van der Waals surface area contributed by atoms with Gasteiger partial charge in [-0.15, -0.1) is 5.10 Å². The highest BCUT2D eigenvalue weighted by atomic mass is 16.6. The molecule has 13 nitrogen and oxygen atoms in total. The SMILES string of the molecule is CCOc1ccccc1C=NNC(=O)c1nnn(-c2nonc2N)c1N1CCOCC1. The Morgan fingerprint density at radius 2 is 2.13 bits per heavy atom. The molecule has 3 N–H and O–H groups in total. The molecule has 1 aromatic carbocycles. The van der Waals surface area contributed by atoms with Gasteiger partial charge in [0, 0.05) is 18.7 Å². The van der Waals surface area contributed by atoms with Crippen LogP contribution in [-0.4, -0.2) is 70.3 Å². The van der Waals surface area contributed by atoms with Crippen LogP contribution in [0.5, 0.6) is 5.75 Å². The first-order valence-corrected chi connectivity index (χ1v) is 9.61. The molecule has 31 heavy (non-hydrogen) atoms. The van der Waals surface area contributed by atoms with Gasteiger partial charge in [0.05, 0.1) is 26.0 Å². The molecular weight excluding hydrogens is 406 g/mol. The lowest BCUT2D eigenvalue weighted by Crippen LogP contribution is -2.39. The molecule has 0 bridgehead atoms. The summed E-state index contributed by atoms with van der Waals surface area (Å²) in [7, 11) is 0. The smallest absolute Gasteiger partial charge is 0.295 e. The number of hydrogen-bond acceptors (Lipinski definition) is 11. The van der Waals surface area contributed by atoms with Crippen molar-refractivity contribution >= 4 is 23.8 Å². The van der Waals surface area contributed by atoms with Crippen molar-refractivity contribution < 1.29 is 18.9 Å². The van der Waals surface area contributed by atoms with E-state index in [0.29, 0.717) is 44.5 Å².